The zero-order valence-electron chi connectivity index (χ0n) is 34.7. The second-order valence-corrected chi connectivity index (χ2v) is 17.2. The quantitative estimate of drug-likeness (QED) is 0.161. The summed E-state index contributed by atoms with van der Waals surface area (Å²) in [5.41, 5.74) is 1.32. The van der Waals surface area contributed by atoms with Crippen molar-refractivity contribution in [2.75, 3.05) is 13.6 Å². The van der Waals surface area contributed by atoms with E-state index >= 15 is 0 Å². The fourth-order valence-electron chi connectivity index (χ4n) is 6.87. The SMILES string of the molecule is CC(C)C[C@H](NC(=O)N[C@H]1CCCCNC(=O)C(Cc2c(Br)[nH]c3ccc(O)cc23)NC(=O)[C@H](CC(C)C)N(C)C(=O)[C@H](CC(C)C)NC(=O)[C@H](C)NC1=O)C(=O)O. The third-order valence-corrected chi connectivity index (χ3v) is 10.6. The molecule has 1 aromatic heterocycles. The maximum atomic E-state index is 14.2. The molecule has 17 nitrogen and oxygen atoms in total. The molecule has 18 heteroatoms. The van der Waals surface area contributed by atoms with Gasteiger partial charge in [-0.1, -0.05) is 41.5 Å². The summed E-state index contributed by atoms with van der Waals surface area (Å²) in [6, 6.07) is -2.89. The molecular weight excluding hydrogens is 816 g/mol. The zero-order valence-corrected chi connectivity index (χ0v) is 36.2. The first-order valence-corrected chi connectivity index (χ1v) is 20.7. The van der Waals surface area contributed by atoms with E-state index in [0.29, 0.717) is 33.9 Å². The number of aromatic nitrogens is 1. The molecule has 0 spiro atoms. The predicted molar refractivity (Wildman–Crippen MR) is 221 cm³/mol. The maximum absolute atomic E-state index is 14.2. The minimum absolute atomic E-state index is 0.00696. The number of urea groups is 1. The van der Waals surface area contributed by atoms with Crippen molar-refractivity contribution in [3.05, 3.63) is 28.4 Å². The Hall–Kier alpha value is -4.87. The van der Waals surface area contributed by atoms with Gasteiger partial charge < -0.3 is 52.0 Å². The number of nitrogens with zero attached hydrogens (tertiary/aromatic N) is 1. The third-order valence-electron chi connectivity index (χ3n) is 9.92. The van der Waals surface area contributed by atoms with Gasteiger partial charge in [-0.25, -0.2) is 9.59 Å². The Balaban J connectivity index is 2.01. The number of benzene rings is 1. The molecule has 6 atom stereocenters. The molecule has 9 N–H and O–H groups in total. The van der Waals surface area contributed by atoms with Gasteiger partial charge in [-0.2, -0.15) is 0 Å². The molecule has 1 unspecified atom stereocenters. The van der Waals surface area contributed by atoms with Crippen LogP contribution in [-0.4, -0.2) is 111 Å². The molecule has 1 saturated heterocycles. The Kier molecular flexibility index (Phi) is 17.8. The van der Waals surface area contributed by atoms with Gasteiger partial charge in [0.25, 0.3) is 0 Å². The topological polar surface area (TPSA) is 251 Å². The lowest BCUT2D eigenvalue weighted by Crippen LogP contribution is -2.59. The summed E-state index contributed by atoms with van der Waals surface area (Å²) in [6.07, 6.45) is 1.33. The minimum Gasteiger partial charge on any atom is -0.508 e. The van der Waals surface area contributed by atoms with Crippen molar-refractivity contribution < 1.29 is 43.8 Å². The van der Waals surface area contributed by atoms with Crippen LogP contribution in [0.4, 0.5) is 4.79 Å². The Morgan fingerprint density at radius 3 is 2.16 bits per heavy atom. The van der Waals surface area contributed by atoms with Crippen LogP contribution in [0.25, 0.3) is 10.9 Å². The number of hydrogen-bond acceptors (Lipinski definition) is 8. The number of carboxylic acids is 1. The standard InChI is InChI=1S/C40H61BrN8O9/c1-20(2)15-30-38(55)49(8)32(17-22(5)6)37(54)45-29(19-26-25-18-24(50)12-13-27(25)44-33(26)41)35(52)42-14-10-9-11-28(36(53)43-23(7)34(51)46-30)47-40(58)48-31(39(56)57)16-21(3)4/h12-13,18,20-23,28-32,44,50H,9-11,14-17,19H2,1-8H3,(H,42,52)(H,43,53)(H,45,54)(H,46,51)(H,56,57)(H2,47,48,58)/t23-,28-,29?,30-,31-,32-/m0/s1. The van der Waals surface area contributed by atoms with Crippen molar-refractivity contribution in [2.45, 2.75) is 130 Å². The first kappa shape index (κ1) is 47.5. The highest BCUT2D eigenvalue weighted by molar-refractivity contribution is 9.10. The van der Waals surface area contributed by atoms with E-state index in [2.05, 4.69) is 52.8 Å². The summed E-state index contributed by atoms with van der Waals surface area (Å²) in [5, 5.41) is 36.6. The molecule has 3 rings (SSSR count). The van der Waals surface area contributed by atoms with E-state index in [9.17, 15) is 43.8 Å². The number of aromatic amines is 1. The molecule has 0 radical (unpaired) electrons. The molecule has 1 aliphatic rings. The molecule has 1 fully saturated rings. The number of carbonyl (C=O) groups is 7. The Morgan fingerprint density at radius 1 is 0.879 bits per heavy atom. The van der Waals surface area contributed by atoms with Crippen molar-refractivity contribution in [3.63, 3.8) is 0 Å². The summed E-state index contributed by atoms with van der Waals surface area (Å²) < 4.78 is 0.554. The molecule has 58 heavy (non-hydrogen) atoms. The fraction of sp³-hybridized carbons (Fsp3) is 0.625. The van der Waals surface area contributed by atoms with Crippen molar-refractivity contribution in [1.82, 2.24) is 41.8 Å². The summed E-state index contributed by atoms with van der Waals surface area (Å²) in [6.45, 7) is 12.7. The molecule has 7 amide bonds. The van der Waals surface area contributed by atoms with Crippen LogP contribution in [0.5, 0.6) is 5.75 Å². The average Bonchev–Trinajstić information content (AvgIpc) is 3.43. The van der Waals surface area contributed by atoms with Gasteiger partial charge in [0.05, 0.1) is 4.60 Å². The van der Waals surface area contributed by atoms with Crippen LogP contribution in [-0.2, 0) is 35.2 Å². The average molecular weight is 878 g/mol. The first-order valence-electron chi connectivity index (χ1n) is 19.9. The van der Waals surface area contributed by atoms with Gasteiger partial charge >= 0.3 is 12.0 Å². The number of phenols is 1. The van der Waals surface area contributed by atoms with Gasteiger partial charge in [-0.05, 0) is 103 Å². The number of rotatable bonds is 11. The molecule has 0 aliphatic carbocycles. The van der Waals surface area contributed by atoms with E-state index < -0.39 is 77.8 Å². The van der Waals surface area contributed by atoms with Crippen molar-refractivity contribution in [1.29, 1.82) is 0 Å². The zero-order chi connectivity index (χ0) is 43.4. The summed E-state index contributed by atoms with van der Waals surface area (Å²) in [4.78, 5) is 98.9. The van der Waals surface area contributed by atoms with E-state index in [-0.39, 0.29) is 62.2 Å². The van der Waals surface area contributed by atoms with Crippen molar-refractivity contribution in [3.8, 4) is 5.75 Å². The van der Waals surface area contributed by atoms with Gasteiger partial charge in [-0.15, -0.1) is 0 Å². The van der Waals surface area contributed by atoms with Crippen molar-refractivity contribution >= 4 is 68.4 Å². The second kappa shape index (κ2) is 21.8. The Morgan fingerprint density at radius 2 is 1.53 bits per heavy atom. The highest BCUT2D eigenvalue weighted by atomic mass is 79.9. The lowest BCUT2D eigenvalue weighted by atomic mass is 9.97. The molecule has 1 aromatic carbocycles. The molecule has 2 heterocycles. The number of carbonyl (C=O) groups excluding carboxylic acids is 6. The lowest BCUT2D eigenvalue weighted by Gasteiger charge is -2.33. The number of carboxylic acid groups (broad SMARTS) is 1. The molecule has 1 aliphatic heterocycles. The van der Waals surface area contributed by atoms with Gasteiger partial charge in [0.15, 0.2) is 0 Å². The molecule has 2 aromatic rings. The van der Waals surface area contributed by atoms with Gasteiger partial charge in [0, 0.05) is 30.9 Å². The van der Waals surface area contributed by atoms with E-state index in [0.717, 1.165) is 0 Å². The third kappa shape index (κ3) is 13.9. The number of fused-ring (bicyclic) bond motifs is 1. The normalized spacial score (nSPS) is 22.7. The van der Waals surface area contributed by atoms with Gasteiger partial charge in [-0.3, -0.25) is 24.0 Å². The Bertz CT molecular complexity index is 1800. The number of phenolic OH excluding ortho intramolecular Hbond substituents is 1. The highest BCUT2D eigenvalue weighted by Gasteiger charge is 2.36. The van der Waals surface area contributed by atoms with Crippen LogP contribution in [0, 0.1) is 17.8 Å². The number of aromatic hydroxyl groups is 1. The second-order valence-electron chi connectivity index (χ2n) is 16.4. The molecule has 0 bridgehead atoms. The summed E-state index contributed by atoms with van der Waals surface area (Å²) in [7, 11) is 1.48. The number of aliphatic carboxylic acids is 1. The number of amides is 7. The van der Waals surface area contributed by atoms with Crippen LogP contribution in [0.2, 0.25) is 0 Å². The number of H-pyrrole nitrogens is 1. The Labute approximate surface area is 348 Å². The number of halogens is 1. The minimum atomic E-state index is -1.23. The van der Waals surface area contributed by atoms with Crippen LogP contribution >= 0.6 is 15.9 Å². The van der Waals surface area contributed by atoms with Crippen LogP contribution in [0.3, 0.4) is 0 Å². The van der Waals surface area contributed by atoms with Crippen molar-refractivity contribution in [2.24, 2.45) is 17.8 Å². The van der Waals surface area contributed by atoms with E-state index in [1.54, 1.807) is 12.1 Å². The molecule has 322 valence electrons. The smallest absolute Gasteiger partial charge is 0.326 e. The number of nitrogens with one attached hydrogen (secondary N) is 7. The van der Waals surface area contributed by atoms with Crippen LogP contribution in [0.15, 0.2) is 22.8 Å². The number of hydrogen-bond donors (Lipinski definition) is 9. The first-order chi connectivity index (χ1) is 27.2. The maximum Gasteiger partial charge on any atom is 0.326 e. The van der Waals surface area contributed by atoms with Crippen LogP contribution < -0.4 is 31.9 Å². The highest BCUT2D eigenvalue weighted by Crippen LogP contribution is 2.30. The monoisotopic (exact) mass is 876 g/mol. The van der Waals surface area contributed by atoms with E-state index in [1.807, 2.05) is 41.5 Å². The van der Waals surface area contributed by atoms with Gasteiger partial charge in [0.2, 0.25) is 29.5 Å². The molecular formula is C40H61BrN8O9. The van der Waals surface area contributed by atoms with Gasteiger partial charge in [0.1, 0.15) is 42.0 Å². The lowest BCUT2D eigenvalue weighted by molar-refractivity contribution is -0.143. The fourth-order valence-corrected chi connectivity index (χ4v) is 7.46. The summed E-state index contributed by atoms with van der Waals surface area (Å²) in [5.74, 6) is -4.37. The molecule has 0 saturated carbocycles. The largest absolute Gasteiger partial charge is 0.508 e. The van der Waals surface area contributed by atoms with Crippen LogP contribution in [0.1, 0.15) is 92.6 Å². The van der Waals surface area contributed by atoms with E-state index in [1.165, 1.54) is 24.9 Å². The number of likely N-dealkylation sites (N-methyl/N-ethyl adjacent to an activating group) is 1. The summed E-state index contributed by atoms with van der Waals surface area (Å²) >= 11 is 3.53. The van der Waals surface area contributed by atoms with E-state index in [4.69, 9.17) is 0 Å². The predicted octanol–water partition coefficient (Wildman–Crippen LogP) is 3.04.